The molecule has 0 radical (unpaired) electrons. The Hall–Kier alpha value is -2.81. The molecular weight excluding hydrogens is 460 g/mol. The smallest absolute Gasteiger partial charge is 0.264 e. The van der Waals surface area contributed by atoms with E-state index in [0.29, 0.717) is 45.1 Å². The first kappa shape index (κ1) is 22.4. The Morgan fingerprint density at radius 1 is 1.08 bits per heavy atom. The molecule has 36 heavy (non-hydrogen) atoms. The monoisotopic (exact) mass is 493 g/mol. The van der Waals surface area contributed by atoms with Gasteiger partial charge in [0.25, 0.3) is 6.43 Å². The number of rotatable bonds is 8. The van der Waals surface area contributed by atoms with Crippen molar-refractivity contribution in [2.45, 2.75) is 57.9 Å². The van der Waals surface area contributed by atoms with E-state index in [2.05, 4.69) is 25.7 Å². The molecule has 0 unspecified atom stereocenters. The summed E-state index contributed by atoms with van der Waals surface area (Å²) >= 11 is 0. The summed E-state index contributed by atoms with van der Waals surface area (Å²) < 4.78 is 30.0. The molecule has 3 aromatic rings. The van der Waals surface area contributed by atoms with Gasteiger partial charge in [-0.2, -0.15) is 10.1 Å². The van der Waals surface area contributed by atoms with Crippen LogP contribution in [0.15, 0.2) is 24.4 Å². The third-order valence-corrected chi connectivity index (χ3v) is 9.20. The number of aromatic nitrogens is 4. The molecule has 3 aliphatic carbocycles. The number of alkyl halides is 2. The number of hydrogen-bond acceptors (Lipinski definition) is 6. The second-order valence-corrected chi connectivity index (χ2v) is 12.0. The molecule has 4 fully saturated rings. The van der Waals surface area contributed by atoms with Gasteiger partial charge in [-0.3, -0.25) is 4.68 Å². The van der Waals surface area contributed by atoms with Crippen molar-refractivity contribution in [1.29, 1.82) is 0 Å². The molecule has 0 atom stereocenters. The summed E-state index contributed by atoms with van der Waals surface area (Å²) in [6.45, 7) is 3.27. The van der Waals surface area contributed by atoms with Crippen molar-refractivity contribution in [3.05, 3.63) is 41.1 Å². The van der Waals surface area contributed by atoms with E-state index in [1.54, 1.807) is 16.9 Å². The molecule has 2 aromatic heterocycles. The maximum Gasteiger partial charge on any atom is 0.264 e. The van der Waals surface area contributed by atoms with Crippen molar-refractivity contribution in [3.63, 3.8) is 0 Å². The molecule has 1 aliphatic heterocycles. The van der Waals surface area contributed by atoms with Crippen LogP contribution in [0.5, 0.6) is 0 Å². The minimum atomic E-state index is -2.54. The first-order valence-corrected chi connectivity index (χ1v) is 13.2. The number of hydrogen-bond donors (Lipinski definition) is 3. The summed E-state index contributed by atoms with van der Waals surface area (Å²) in [6, 6.07) is 5.56. The van der Waals surface area contributed by atoms with Gasteiger partial charge in [0, 0.05) is 25.2 Å². The predicted octanol–water partition coefficient (Wildman–Crippen LogP) is 4.54. The zero-order chi connectivity index (χ0) is 24.5. The first-order chi connectivity index (χ1) is 17.4. The standard InChI is InChI=1S/C27H33F2N7/c28-23(29)20-6-16(5-17-7-27(8-17)14-31-15-27)1-2-19(20)13-36-22-21(12-33-36)34-25(30)35-24(22)32-11-18-9-26(10-18)3-4-26/h1-2,6,12,17-18,23,31H,3-5,7-11,13-15H2,(H3,30,32,34,35). The van der Waals surface area contributed by atoms with E-state index in [-0.39, 0.29) is 18.1 Å². The third-order valence-electron chi connectivity index (χ3n) is 9.20. The normalized spacial score (nSPS) is 23.6. The van der Waals surface area contributed by atoms with Gasteiger partial charge in [-0.05, 0) is 84.8 Å². The molecule has 1 aromatic carbocycles. The van der Waals surface area contributed by atoms with Crippen LogP contribution >= 0.6 is 0 Å². The van der Waals surface area contributed by atoms with Gasteiger partial charge < -0.3 is 16.4 Å². The zero-order valence-corrected chi connectivity index (χ0v) is 20.4. The quantitative estimate of drug-likeness (QED) is 0.427. The van der Waals surface area contributed by atoms with Crippen LogP contribution in [0, 0.1) is 22.7 Å². The van der Waals surface area contributed by atoms with Crippen LogP contribution in [-0.2, 0) is 13.0 Å². The lowest BCUT2D eigenvalue weighted by atomic mass is 9.57. The number of halogens is 2. The lowest BCUT2D eigenvalue weighted by Gasteiger charge is -2.54. The molecule has 3 saturated carbocycles. The molecule has 4 N–H and O–H groups in total. The van der Waals surface area contributed by atoms with Crippen molar-refractivity contribution >= 4 is 22.8 Å². The van der Waals surface area contributed by atoms with E-state index in [4.69, 9.17) is 5.73 Å². The third kappa shape index (κ3) is 3.92. The van der Waals surface area contributed by atoms with Gasteiger partial charge in [0.05, 0.1) is 12.7 Å². The van der Waals surface area contributed by atoms with Crippen molar-refractivity contribution < 1.29 is 8.78 Å². The number of fused-ring (bicyclic) bond motifs is 1. The number of anilines is 2. The highest BCUT2D eigenvalue weighted by molar-refractivity contribution is 5.86. The van der Waals surface area contributed by atoms with Gasteiger partial charge in [0.1, 0.15) is 11.0 Å². The van der Waals surface area contributed by atoms with Crippen LogP contribution in [0.3, 0.4) is 0 Å². The summed E-state index contributed by atoms with van der Waals surface area (Å²) in [6.07, 6.45) is 7.64. The van der Waals surface area contributed by atoms with Gasteiger partial charge >= 0.3 is 0 Å². The molecule has 3 heterocycles. The fourth-order valence-corrected chi connectivity index (χ4v) is 7.08. The van der Waals surface area contributed by atoms with Crippen LogP contribution in [0.4, 0.5) is 20.5 Å². The maximum atomic E-state index is 14.1. The Kier molecular flexibility index (Phi) is 5.04. The minimum absolute atomic E-state index is 0.0885. The molecule has 0 bridgehead atoms. The van der Waals surface area contributed by atoms with Gasteiger partial charge in [-0.25, -0.2) is 13.8 Å². The first-order valence-electron chi connectivity index (χ1n) is 13.2. The highest BCUT2D eigenvalue weighted by Crippen LogP contribution is 2.63. The topological polar surface area (TPSA) is 93.7 Å². The summed E-state index contributed by atoms with van der Waals surface area (Å²) in [4.78, 5) is 8.77. The molecule has 0 amide bonds. The lowest BCUT2D eigenvalue weighted by molar-refractivity contribution is 0.000855. The molecule has 4 aliphatic rings. The number of nitrogens with zero attached hydrogens (tertiary/aromatic N) is 4. The maximum absolute atomic E-state index is 14.1. The molecule has 2 spiro atoms. The molecule has 1 saturated heterocycles. The van der Waals surface area contributed by atoms with E-state index >= 15 is 0 Å². The number of nitrogens with two attached hydrogens (primary N) is 1. The Balaban J connectivity index is 1.10. The highest BCUT2D eigenvalue weighted by Gasteiger charge is 2.52. The van der Waals surface area contributed by atoms with Crippen molar-refractivity contribution in [1.82, 2.24) is 25.1 Å². The van der Waals surface area contributed by atoms with E-state index in [1.807, 2.05) is 12.1 Å². The average molecular weight is 494 g/mol. The van der Waals surface area contributed by atoms with Crippen molar-refractivity contribution in [2.75, 3.05) is 30.7 Å². The van der Waals surface area contributed by atoms with Crippen molar-refractivity contribution in [2.24, 2.45) is 22.7 Å². The van der Waals surface area contributed by atoms with E-state index in [9.17, 15) is 8.78 Å². The highest BCUT2D eigenvalue weighted by atomic mass is 19.3. The molecule has 7 rings (SSSR count). The molecule has 7 nitrogen and oxygen atoms in total. The number of nitrogen functional groups attached to an aromatic ring is 1. The van der Waals surface area contributed by atoms with Crippen LogP contribution in [0.2, 0.25) is 0 Å². The second kappa shape index (κ2) is 8.10. The van der Waals surface area contributed by atoms with Crippen molar-refractivity contribution in [3.8, 4) is 0 Å². The summed E-state index contributed by atoms with van der Waals surface area (Å²) in [5.41, 5.74) is 10.1. The van der Waals surface area contributed by atoms with Crippen LogP contribution in [-0.4, -0.2) is 39.4 Å². The van der Waals surface area contributed by atoms with Crippen LogP contribution in [0.25, 0.3) is 11.0 Å². The van der Waals surface area contributed by atoms with Crippen LogP contribution in [0.1, 0.15) is 61.6 Å². The lowest BCUT2D eigenvalue weighted by Crippen LogP contribution is -2.60. The predicted molar refractivity (Wildman–Crippen MR) is 135 cm³/mol. The molecular formula is C27H33F2N7. The van der Waals surface area contributed by atoms with Gasteiger partial charge in [-0.15, -0.1) is 0 Å². The summed E-state index contributed by atoms with van der Waals surface area (Å²) in [5.74, 6) is 2.05. The number of benzene rings is 1. The van der Waals surface area contributed by atoms with Gasteiger partial charge in [0.2, 0.25) is 5.95 Å². The van der Waals surface area contributed by atoms with E-state index in [0.717, 1.165) is 31.6 Å². The summed E-state index contributed by atoms with van der Waals surface area (Å²) in [7, 11) is 0. The zero-order valence-electron chi connectivity index (χ0n) is 20.4. The van der Waals surface area contributed by atoms with Crippen LogP contribution < -0.4 is 16.4 Å². The Labute approximate surface area is 209 Å². The Bertz CT molecular complexity index is 1290. The summed E-state index contributed by atoms with van der Waals surface area (Å²) in [5, 5.41) is 11.3. The van der Waals surface area contributed by atoms with E-state index < -0.39 is 6.43 Å². The fraction of sp³-hybridized carbons (Fsp3) is 0.593. The second-order valence-electron chi connectivity index (χ2n) is 12.0. The van der Waals surface area contributed by atoms with Gasteiger partial charge in [-0.1, -0.05) is 12.1 Å². The largest absolute Gasteiger partial charge is 0.368 e. The fourth-order valence-electron chi connectivity index (χ4n) is 7.08. The Morgan fingerprint density at radius 3 is 2.56 bits per heavy atom. The SMILES string of the molecule is Nc1nc(NCC2CC3(CC3)C2)c2c(cnn2Cc2ccc(CC3CC4(CNC4)C3)cc2C(F)F)n1. The van der Waals surface area contributed by atoms with Gasteiger partial charge in [0.15, 0.2) is 5.82 Å². The molecule has 9 heteroatoms. The average Bonchev–Trinajstić information content (AvgIpc) is 3.48. The molecule has 190 valence electrons. The number of nitrogens with one attached hydrogen (secondary N) is 2. The van der Waals surface area contributed by atoms with E-state index in [1.165, 1.54) is 38.5 Å². The minimum Gasteiger partial charge on any atom is -0.368 e. The Morgan fingerprint density at radius 2 is 1.86 bits per heavy atom.